The molecular weight excluding hydrogens is 343 g/mol. The van der Waals surface area contributed by atoms with Gasteiger partial charge in [0.1, 0.15) is 0 Å². The zero-order chi connectivity index (χ0) is 19.0. The summed E-state index contributed by atoms with van der Waals surface area (Å²) in [4.78, 5) is 4.16. The lowest BCUT2D eigenvalue weighted by Crippen LogP contribution is -2.40. The molecule has 1 heterocycles. The van der Waals surface area contributed by atoms with Crippen molar-refractivity contribution in [2.45, 2.75) is 26.1 Å². The standard InChI is InChI=1S/C18H24F3N5/c1-14(13-26-11-3-9-25-26)12-24-17(22-2)23-10-8-15-4-6-16(7-5-15)18(19,20)21/h3-7,9,11,14H,8,10,12-13H2,1-2H3,(H2,22,23,24). The molecule has 0 aliphatic carbocycles. The van der Waals surface area contributed by atoms with E-state index in [1.165, 1.54) is 12.1 Å². The minimum absolute atomic E-state index is 0.364. The third-order valence-corrected chi connectivity index (χ3v) is 3.89. The Labute approximate surface area is 151 Å². The molecule has 0 radical (unpaired) electrons. The highest BCUT2D eigenvalue weighted by Gasteiger charge is 2.29. The molecule has 0 saturated heterocycles. The smallest absolute Gasteiger partial charge is 0.356 e. The van der Waals surface area contributed by atoms with Crippen molar-refractivity contribution in [1.82, 2.24) is 20.4 Å². The van der Waals surface area contributed by atoms with Crippen LogP contribution in [-0.4, -0.2) is 35.9 Å². The van der Waals surface area contributed by atoms with Gasteiger partial charge in [-0.3, -0.25) is 9.67 Å². The zero-order valence-electron chi connectivity index (χ0n) is 14.9. The molecule has 26 heavy (non-hydrogen) atoms. The van der Waals surface area contributed by atoms with Crippen LogP contribution in [0.5, 0.6) is 0 Å². The highest BCUT2D eigenvalue weighted by Crippen LogP contribution is 2.29. The third-order valence-electron chi connectivity index (χ3n) is 3.89. The number of aliphatic imine (C=N–C) groups is 1. The number of benzene rings is 1. The second kappa shape index (κ2) is 9.26. The van der Waals surface area contributed by atoms with E-state index >= 15 is 0 Å². The average molecular weight is 367 g/mol. The van der Waals surface area contributed by atoms with Gasteiger partial charge < -0.3 is 10.6 Å². The van der Waals surface area contributed by atoms with E-state index < -0.39 is 11.7 Å². The molecule has 0 aliphatic rings. The number of guanidine groups is 1. The van der Waals surface area contributed by atoms with Crippen LogP contribution in [-0.2, 0) is 19.1 Å². The van der Waals surface area contributed by atoms with Crippen molar-refractivity contribution in [3.63, 3.8) is 0 Å². The monoisotopic (exact) mass is 367 g/mol. The van der Waals surface area contributed by atoms with Gasteiger partial charge in [0.25, 0.3) is 0 Å². The van der Waals surface area contributed by atoms with E-state index in [1.54, 1.807) is 13.2 Å². The maximum absolute atomic E-state index is 12.6. The molecule has 1 aromatic heterocycles. The fourth-order valence-electron chi connectivity index (χ4n) is 2.47. The van der Waals surface area contributed by atoms with Gasteiger partial charge >= 0.3 is 6.18 Å². The molecule has 0 fully saturated rings. The summed E-state index contributed by atoms with van der Waals surface area (Å²) in [7, 11) is 1.69. The van der Waals surface area contributed by atoms with Crippen molar-refractivity contribution in [1.29, 1.82) is 0 Å². The molecule has 1 aromatic carbocycles. The Morgan fingerprint density at radius 2 is 1.96 bits per heavy atom. The fourth-order valence-corrected chi connectivity index (χ4v) is 2.47. The Morgan fingerprint density at radius 1 is 1.23 bits per heavy atom. The van der Waals surface area contributed by atoms with E-state index in [0.29, 0.717) is 24.8 Å². The van der Waals surface area contributed by atoms with Gasteiger partial charge in [0.2, 0.25) is 0 Å². The molecule has 0 spiro atoms. The Bertz CT molecular complexity index is 678. The SMILES string of the molecule is CN=C(NCCc1ccc(C(F)(F)F)cc1)NCC(C)Cn1cccn1. The molecule has 2 N–H and O–H groups in total. The highest BCUT2D eigenvalue weighted by molar-refractivity contribution is 5.79. The number of nitrogens with zero attached hydrogens (tertiary/aromatic N) is 3. The number of rotatable bonds is 7. The van der Waals surface area contributed by atoms with Gasteiger partial charge in [-0.15, -0.1) is 0 Å². The molecule has 1 atom stereocenters. The second-order valence-electron chi connectivity index (χ2n) is 6.16. The Morgan fingerprint density at radius 3 is 2.54 bits per heavy atom. The van der Waals surface area contributed by atoms with Gasteiger partial charge in [-0.25, -0.2) is 0 Å². The average Bonchev–Trinajstić information content (AvgIpc) is 3.10. The summed E-state index contributed by atoms with van der Waals surface area (Å²) in [6.45, 7) is 4.24. The Kier molecular flexibility index (Phi) is 7.06. The number of alkyl halides is 3. The molecule has 142 valence electrons. The number of aromatic nitrogens is 2. The van der Waals surface area contributed by atoms with Gasteiger partial charge in [-0.2, -0.15) is 18.3 Å². The molecule has 0 bridgehead atoms. The maximum Gasteiger partial charge on any atom is 0.416 e. The number of halogens is 3. The van der Waals surface area contributed by atoms with Gasteiger partial charge in [0.05, 0.1) is 5.56 Å². The predicted molar refractivity (Wildman–Crippen MR) is 95.9 cm³/mol. The molecule has 8 heteroatoms. The van der Waals surface area contributed by atoms with Crippen LogP contribution in [0.4, 0.5) is 13.2 Å². The topological polar surface area (TPSA) is 54.2 Å². The molecule has 5 nitrogen and oxygen atoms in total. The lowest BCUT2D eigenvalue weighted by molar-refractivity contribution is -0.137. The van der Waals surface area contributed by atoms with Crippen LogP contribution < -0.4 is 10.6 Å². The summed E-state index contributed by atoms with van der Waals surface area (Å²) >= 11 is 0. The second-order valence-corrected chi connectivity index (χ2v) is 6.16. The summed E-state index contributed by atoms with van der Waals surface area (Å²) in [5.41, 5.74) is 0.214. The van der Waals surface area contributed by atoms with E-state index in [2.05, 4.69) is 27.6 Å². The van der Waals surface area contributed by atoms with Crippen molar-refractivity contribution in [3.05, 3.63) is 53.9 Å². The van der Waals surface area contributed by atoms with Gasteiger partial charge in [0, 0.05) is 39.1 Å². The van der Waals surface area contributed by atoms with Crippen molar-refractivity contribution in [3.8, 4) is 0 Å². The number of nitrogens with one attached hydrogen (secondary N) is 2. The van der Waals surface area contributed by atoms with Crippen LogP contribution in [0.1, 0.15) is 18.1 Å². The Balaban J connectivity index is 1.71. The zero-order valence-corrected chi connectivity index (χ0v) is 14.9. The normalized spacial score (nSPS) is 13.5. The number of hydrogen-bond acceptors (Lipinski definition) is 2. The van der Waals surface area contributed by atoms with E-state index in [9.17, 15) is 13.2 Å². The summed E-state index contributed by atoms with van der Waals surface area (Å²) < 4.78 is 39.5. The van der Waals surface area contributed by atoms with Crippen LogP contribution in [0.25, 0.3) is 0 Å². The van der Waals surface area contributed by atoms with Crippen molar-refractivity contribution in [2.75, 3.05) is 20.1 Å². The van der Waals surface area contributed by atoms with Gasteiger partial charge in [0.15, 0.2) is 5.96 Å². The first-order valence-electron chi connectivity index (χ1n) is 8.46. The molecule has 0 amide bonds. The molecule has 0 aliphatic heterocycles. The quantitative estimate of drug-likeness (QED) is 0.584. The minimum Gasteiger partial charge on any atom is -0.356 e. The minimum atomic E-state index is -4.30. The third kappa shape index (κ3) is 6.42. The summed E-state index contributed by atoms with van der Waals surface area (Å²) in [5.74, 6) is 1.03. The van der Waals surface area contributed by atoms with Crippen LogP contribution in [0.3, 0.4) is 0 Å². The molecule has 1 unspecified atom stereocenters. The largest absolute Gasteiger partial charge is 0.416 e. The van der Waals surface area contributed by atoms with E-state index in [-0.39, 0.29) is 0 Å². The van der Waals surface area contributed by atoms with Crippen molar-refractivity contribution < 1.29 is 13.2 Å². The lowest BCUT2D eigenvalue weighted by Gasteiger charge is -2.16. The van der Waals surface area contributed by atoms with Crippen molar-refractivity contribution in [2.24, 2.45) is 10.9 Å². The lowest BCUT2D eigenvalue weighted by atomic mass is 10.1. The summed E-state index contributed by atoms with van der Waals surface area (Å²) in [6.07, 6.45) is -0.00715. The predicted octanol–water partition coefficient (Wildman–Crippen LogP) is 2.95. The van der Waals surface area contributed by atoms with Crippen LogP contribution in [0.15, 0.2) is 47.7 Å². The van der Waals surface area contributed by atoms with Gasteiger partial charge in [-0.05, 0) is 36.1 Å². The van der Waals surface area contributed by atoms with Crippen LogP contribution in [0.2, 0.25) is 0 Å². The van der Waals surface area contributed by atoms with E-state index in [4.69, 9.17) is 0 Å². The highest BCUT2D eigenvalue weighted by atomic mass is 19.4. The first-order chi connectivity index (χ1) is 12.4. The molecule has 0 saturated carbocycles. The Hall–Kier alpha value is -2.51. The molecule has 2 aromatic rings. The first kappa shape index (κ1) is 19.8. The maximum atomic E-state index is 12.6. The first-order valence-corrected chi connectivity index (χ1v) is 8.46. The van der Waals surface area contributed by atoms with Crippen LogP contribution >= 0.6 is 0 Å². The summed E-state index contributed by atoms with van der Waals surface area (Å²) in [5, 5.41) is 10.6. The van der Waals surface area contributed by atoms with E-state index in [0.717, 1.165) is 30.8 Å². The number of hydrogen-bond donors (Lipinski definition) is 2. The molecular formula is C18H24F3N5. The van der Waals surface area contributed by atoms with Gasteiger partial charge in [-0.1, -0.05) is 19.1 Å². The van der Waals surface area contributed by atoms with E-state index in [1.807, 2.05) is 16.9 Å². The fraction of sp³-hybridized carbons (Fsp3) is 0.444. The molecule has 2 rings (SSSR count). The van der Waals surface area contributed by atoms with Crippen molar-refractivity contribution >= 4 is 5.96 Å². The van der Waals surface area contributed by atoms with Crippen LogP contribution in [0, 0.1) is 5.92 Å². The summed E-state index contributed by atoms with van der Waals surface area (Å²) in [6, 6.07) is 7.13.